The number of amidine groups is 1. The first-order chi connectivity index (χ1) is 37.1. The molecule has 0 bridgehead atoms. The summed E-state index contributed by atoms with van der Waals surface area (Å²) in [4.78, 5) is 67.6. The van der Waals surface area contributed by atoms with Crippen LogP contribution in [0.1, 0.15) is 43.6 Å². The zero-order valence-corrected chi connectivity index (χ0v) is 48.3. The van der Waals surface area contributed by atoms with Gasteiger partial charge in [-0.05, 0) is 49.4 Å². The van der Waals surface area contributed by atoms with E-state index < -0.39 is 28.3 Å². The number of benzene rings is 3. The Kier molecular flexibility index (Phi) is 36.9. The number of carboxylic acid groups (broad SMARTS) is 1. The molecule has 2 aromatic heterocycles. The van der Waals surface area contributed by atoms with Crippen LogP contribution in [0.5, 0.6) is 0 Å². The van der Waals surface area contributed by atoms with Gasteiger partial charge in [-0.25, -0.2) is 49.2 Å². The topological polar surface area (TPSA) is 285 Å². The number of anilines is 1. The number of carbonyl (C=O) groups excluding carboxylic acids is 4. The molecule has 0 spiro atoms. The van der Waals surface area contributed by atoms with Gasteiger partial charge in [0.25, 0.3) is 5.84 Å². The number of allylic oxidation sites excluding steroid dienone is 1. The fourth-order valence-corrected chi connectivity index (χ4v) is 4.82. The summed E-state index contributed by atoms with van der Waals surface area (Å²) in [5, 5.41) is 17.5. The third-order valence-corrected chi connectivity index (χ3v) is 7.73. The Balaban J connectivity index is -0.000000462. The number of aliphatic imine (C=N–C) groups is 1. The summed E-state index contributed by atoms with van der Waals surface area (Å²) in [7, 11) is 2.66. The van der Waals surface area contributed by atoms with E-state index in [1.54, 1.807) is 79.4 Å². The number of esters is 3. The Hall–Kier alpha value is -8.86. The molecule has 0 saturated heterocycles. The Bertz CT molecular complexity index is 2900. The molecule has 83 heavy (non-hydrogen) atoms. The second kappa shape index (κ2) is 38.0. The number of hydrogen-bond acceptors (Lipinski definition) is 15. The second-order valence-corrected chi connectivity index (χ2v) is 18.7. The SMILES string of the molecule is CC(=O)[O-].CN(C)/C=C(/C=[N+](C)C)NC=[N+](C)C.COC(=O)c1cccc(-c2ncc(N)cn2)c1.COC(=O)c1cccc(-c2ncc(N=CN(C)C)cn2)c1.COC(=O)c1cccc(C(N)=[NH2+])c1.F.F.FP(F)(F)(F)F.FP(F)(F)(F)F. The number of nitrogens with zero attached hydrogens (tertiary/aromatic N) is 9. The average molecular weight is 1240 g/mol. The van der Waals surface area contributed by atoms with Crippen LogP contribution in [-0.2, 0) is 19.0 Å². The molecule has 0 amide bonds. The number of aliphatic carboxylic acids is 1. The van der Waals surface area contributed by atoms with Gasteiger partial charge in [0.05, 0.1) is 101 Å². The van der Waals surface area contributed by atoms with Crippen LogP contribution in [0.25, 0.3) is 22.8 Å². The van der Waals surface area contributed by atoms with Crippen LogP contribution in [-0.4, -0.2) is 165 Å². The zero-order valence-electron chi connectivity index (χ0n) is 46.6. The van der Waals surface area contributed by atoms with Gasteiger partial charge in [0.1, 0.15) is 19.8 Å². The molecular weight excluding hydrogens is 1180 g/mol. The number of aromatic nitrogens is 4. The third kappa shape index (κ3) is 46.6. The number of nitrogens with two attached hydrogens (primary N) is 3. The predicted octanol–water partition coefficient (Wildman–Crippen LogP) is 7.21. The molecular formula is C48H65F12N13O8P2+2. The van der Waals surface area contributed by atoms with Crippen molar-refractivity contribution in [1.29, 1.82) is 0 Å². The molecule has 0 saturated carbocycles. The molecule has 0 fully saturated rings. The van der Waals surface area contributed by atoms with Crippen LogP contribution in [0.3, 0.4) is 0 Å². The molecule has 0 aliphatic rings. The second-order valence-electron chi connectivity index (χ2n) is 16.1. The molecule has 5 rings (SSSR count). The van der Waals surface area contributed by atoms with Gasteiger partial charge in [-0.1, -0.05) is 30.3 Å². The van der Waals surface area contributed by atoms with Crippen molar-refractivity contribution in [3.63, 3.8) is 0 Å². The van der Waals surface area contributed by atoms with Gasteiger partial charge >= 0.3 is 76.2 Å². The molecule has 7 N–H and O–H groups in total. The number of rotatable bonds is 12. The monoisotopic (exact) mass is 1240 g/mol. The van der Waals surface area contributed by atoms with E-state index in [9.17, 15) is 56.4 Å². The molecule has 0 unspecified atom stereocenters. The number of halogens is 12. The van der Waals surface area contributed by atoms with E-state index in [0.29, 0.717) is 45.3 Å². The first-order valence-corrected chi connectivity index (χ1v) is 25.5. The van der Waals surface area contributed by atoms with E-state index in [4.69, 9.17) is 31.5 Å². The molecule has 462 valence electrons. The summed E-state index contributed by atoms with van der Waals surface area (Å²) in [5.41, 5.74) is 16.6. The number of carbonyl (C=O) groups is 4. The van der Waals surface area contributed by atoms with Gasteiger partial charge in [-0.2, -0.15) is 0 Å². The van der Waals surface area contributed by atoms with Crippen LogP contribution >= 0.6 is 16.3 Å². The van der Waals surface area contributed by atoms with Crippen molar-refractivity contribution in [3.8, 4) is 22.8 Å². The Labute approximate surface area is 470 Å². The van der Waals surface area contributed by atoms with Crippen LogP contribution in [0, 0.1) is 0 Å². The van der Waals surface area contributed by atoms with E-state index >= 15 is 0 Å². The van der Waals surface area contributed by atoms with E-state index in [-0.39, 0.29) is 27.2 Å². The molecule has 0 aliphatic heterocycles. The average Bonchev–Trinajstić information content (AvgIpc) is 3.35. The molecule has 2 heterocycles. The molecule has 0 atom stereocenters. The summed E-state index contributed by atoms with van der Waals surface area (Å²) in [6.45, 7) is 0.972. The summed E-state index contributed by atoms with van der Waals surface area (Å²) in [5.74, 6) is -1.02. The van der Waals surface area contributed by atoms with Crippen molar-refractivity contribution in [2.24, 2.45) is 10.7 Å². The molecule has 35 heteroatoms. The third-order valence-electron chi connectivity index (χ3n) is 7.73. The standard InChI is InChI=1S/C15H16N4O2.C12H11N3O2.C10H21N4.C9H10N2O2.C2H4O2.2F5P.2FH/c1-19(2)10-18-13-8-16-14(17-9-13)11-5-4-6-12(7-11)15(20)21-3;1-17-12(16)9-4-2-3-8(5-9)11-14-6-10(13)7-15-11;1-12(2)7-10(8-13(3)4)11-9-14(5)6;1-13-9(12)7-4-2-3-6(5-7)8(10)11;1-2(3)4;2*1-6(2,3,4)5;;/h4-10H,1-3H3;2-7H,13H2,1H3;7-9H,1-6H3;2-5H,1H3,(H3,10,11);1H3,(H,3,4);;;2*1H/q;;+1;;;;;;/p+1. The summed E-state index contributed by atoms with van der Waals surface area (Å²) in [6, 6.07) is 20.5. The van der Waals surface area contributed by atoms with Gasteiger partial charge in [0.15, 0.2) is 11.6 Å². The van der Waals surface area contributed by atoms with Gasteiger partial charge in [-0.3, -0.25) is 25.1 Å². The van der Waals surface area contributed by atoms with Gasteiger partial charge in [0, 0.05) is 45.3 Å². The maximum absolute atomic E-state index is 11.5. The van der Waals surface area contributed by atoms with Crippen molar-refractivity contribution in [1.82, 2.24) is 35.1 Å². The summed E-state index contributed by atoms with van der Waals surface area (Å²) < 4.78 is 116. The number of ether oxygens (including phenoxy) is 3. The van der Waals surface area contributed by atoms with E-state index in [2.05, 4.69) is 39.7 Å². The van der Waals surface area contributed by atoms with Crippen molar-refractivity contribution < 1.29 is 104 Å². The minimum atomic E-state index is -8.55. The van der Waals surface area contributed by atoms with E-state index in [1.807, 2.05) is 106 Å². The van der Waals surface area contributed by atoms with Crippen LogP contribution < -0.4 is 27.3 Å². The first-order valence-electron chi connectivity index (χ1n) is 22.2. The van der Waals surface area contributed by atoms with E-state index in [1.165, 1.54) is 33.7 Å². The van der Waals surface area contributed by atoms with Gasteiger partial charge in [-0.15, -0.1) is 0 Å². The van der Waals surface area contributed by atoms with Crippen molar-refractivity contribution in [2.45, 2.75) is 6.92 Å². The molecule has 0 radical (unpaired) electrons. The van der Waals surface area contributed by atoms with Crippen molar-refractivity contribution in [3.05, 3.63) is 132 Å². The normalized spacial score (nSPS) is 11.0. The van der Waals surface area contributed by atoms with Crippen molar-refractivity contribution >= 4 is 76.3 Å². The molecule has 5 aromatic rings. The minimum absolute atomic E-state index is 0. The van der Waals surface area contributed by atoms with Crippen LogP contribution in [0.4, 0.5) is 62.8 Å². The summed E-state index contributed by atoms with van der Waals surface area (Å²) >= 11 is 0. The van der Waals surface area contributed by atoms with Crippen LogP contribution in [0.2, 0.25) is 0 Å². The number of carboxylic acids is 1. The number of nitrogen functional groups attached to an aromatic ring is 1. The molecule has 21 nitrogen and oxygen atoms in total. The quantitative estimate of drug-likeness (QED) is 0.0183. The molecule has 0 aliphatic carbocycles. The number of methoxy groups -OCH3 is 3. The first kappa shape index (κ1) is 80.6. The van der Waals surface area contributed by atoms with E-state index in [0.717, 1.165) is 23.7 Å². The van der Waals surface area contributed by atoms with Crippen molar-refractivity contribution in [2.75, 3.05) is 83.4 Å². The fourth-order valence-electron chi connectivity index (χ4n) is 4.82. The number of hydrogen-bond donors (Lipinski definition) is 4. The van der Waals surface area contributed by atoms with Crippen LogP contribution in [0.15, 0.2) is 114 Å². The Morgan fingerprint density at radius 1 is 0.627 bits per heavy atom. The number of nitrogens with one attached hydrogen (secondary N) is 1. The van der Waals surface area contributed by atoms with Gasteiger partial charge < -0.3 is 39.6 Å². The maximum atomic E-state index is 11.5. The Morgan fingerprint density at radius 2 is 0.964 bits per heavy atom. The fraction of sp³-hybridized carbons (Fsp3) is 0.250. The predicted molar refractivity (Wildman–Crippen MR) is 294 cm³/mol. The zero-order chi connectivity index (χ0) is 62.9. The molecule has 3 aromatic carbocycles. The Morgan fingerprint density at radius 3 is 1.28 bits per heavy atom. The summed E-state index contributed by atoms with van der Waals surface area (Å²) in [6.07, 6.45) is 14.0. The van der Waals surface area contributed by atoms with Gasteiger partial charge in [0.2, 0.25) is 18.3 Å².